The molecule has 0 aliphatic rings. The molecule has 1 amide bonds. The molecule has 0 spiro atoms. The first-order chi connectivity index (χ1) is 19.9. The molecule has 5 N–H and O–H groups in total. The molecule has 0 saturated carbocycles. The van der Waals surface area contributed by atoms with Gasteiger partial charge in [0.25, 0.3) is 5.91 Å². The number of halogens is 3. The number of hydrogen-bond donors (Lipinski definition) is 4. The van der Waals surface area contributed by atoms with E-state index in [0.717, 1.165) is 17.5 Å². The Labute approximate surface area is 235 Å². The topological polar surface area (TPSA) is 211 Å². The lowest BCUT2D eigenvalue weighted by Crippen LogP contribution is -2.51. The van der Waals surface area contributed by atoms with Crippen LogP contribution in [0.2, 0.25) is 0 Å². The lowest BCUT2D eigenvalue weighted by Gasteiger charge is -2.20. The summed E-state index contributed by atoms with van der Waals surface area (Å²) in [7, 11) is -4.75. The molecule has 0 aliphatic heterocycles. The molecule has 18 heteroatoms. The van der Waals surface area contributed by atoms with Crippen LogP contribution in [0.15, 0.2) is 60.1 Å². The third kappa shape index (κ3) is 6.71. The standard InChI is InChI=1S/C24H22F3N9O5S/c25-24(26,27)23(38)41-22(21(37)31-9-7-29)35-42(39,40)16-3-1-2-14(10-16)18(4-6-28)36-12-15(11-34-36)19-17-5-8-30-20(17)33-13-32-19/h1-3,5,8,10-13,18,22,35H,4,7,9,29H2,(H,31,37)(H,30,32,33). The van der Waals surface area contributed by atoms with Crippen LogP contribution in [0.3, 0.4) is 0 Å². The summed E-state index contributed by atoms with van der Waals surface area (Å²) in [5.41, 5.74) is 7.31. The number of nitrogens with zero attached hydrogens (tertiary/aromatic N) is 5. The van der Waals surface area contributed by atoms with Crippen LogP contribution < -0.4 is 15.8 Å². The van der Waals surface area contributed by atoms with Crippen LogP contribution in [0, 0.1) is 11.3 Å². The van der Waals surface area contributed by atoms with Gasteiger partial charge >= 0.3 is 12.1 Å². The first kappa shape index (κ1) is 30.1. The quantitative estimate of drug-likeness (QED) is 0.141. The van der Waals surface area contributed by atoms with Crippen LogP contribution in [0.25, 0.3) is 22.3 Å². The fraction of sp³-hybridized carbons (Fsp3) is 0.250. The van der Waals surface area contributed by atoms with E-state index in [9.17, 15) is 36.4 Å². The molecule has 3 aromatic heterocycles. The second kappa shape index (κ2) is 12.3. The van der Waals surface area contributed by atoms with Gasteiger partial charge in [-0.3, -0.25) is 9.48 Å². The van der Waals surface area contributed by atoms with Crippen LogP contribution in [-0.4, -0.2) is 70.5 Å². The molecule has 2 unspecified atom stereocenters. The number of aromatic nitrogens is 5. The summed E-state index contributed by atoms with van der Waals surface area (Å²) in [6.07, 6.45) is -2.00. The summed E-state index contributed by atoms with van der Waals surface area (Å²) in [6, 6.07) is 8.11. The fourth-order valence-electron chi connectivity index (χ4n) is 3.87. The summed E-state index contributed by atoms with van der Waals surface area (Å²) < 4.78 is 71.8. The normalized spacial score (nSPS) is 13.3. The van der Waals surface area contributed by atoms with Crippen LogP contribution in [-0.2, 0) is 24.3 Å². The number of rotatable bonds is 11. The predicted molar refractivity (Wildman–Crippen MR) is 138 cm³/mol. The van der Waals surface area contributed by atoms with Crippen molar-refractivity contribution in [1.29, 1.82) is 5.26 Å². The predicted octanol–water partition coefficient (Wildman–Crippen LogP) is 1.11. The van der Waals surface area contributed by atoms with Gasteiger partial charge in [0.05, 0.1) is 35.3 Å². The van der Waals surface area contributed by atoms with E-state index in [1.54, 1.807) is 23.2 Å². The number of nitrogens with two attached hydrogens (primary N) is 1. The minimum atomic E-state index is -5.50. The highest BCUT2D eigenvalue weighted by molar-refractivity contribution is 7.89. The Morgan fingerprint density at radius 1 is 1.24 bits per heavy atom. The molecule has 220 valence electrons. The van der Waals surface area contributed by atoms with Crippen LogP contribution >= 0.6 is 0 Å². The van der Waals surface area contributed by atoms with E-state index < -0.39 is 45.2 Å². The molecular formula is C24H22F3N9O5S. The highest BCUT2D eigenvalue weighted by Crippen LogP contribution is 2.29. The molecule has 14 nitrogen and oxygen atoms in total. The van der Waals surface area contributed by atoms with Crippen molar-refractivity contribution in [3.8, 4) is 17.3 Å². The Bertz CT molecular complexity index is 1750. The largest absolute Gasteiger partial charge is 0.490 e. The van der Waals surface area contributed by atoms with Crippen molar-refractivity contribution < 1.29 is 35.9 Å². The maximum absolute atomic E-state index is 13.1. The summed E-state index contributed by atoms with van der Waals surface area (Å²) in [4.78, 5) is 34.6. The molecule has 0 aliphatic carbocycles. The second-order valence-corrected chi connectivity index (χ2v) is 10.3. The second-order valence-electron chi connectivity index (χ2n) is 8.61. The number of nitrogens with one attached hydrogen (secondary N) is 3. The first-order valence-electron chi connectivity index (χ1n) is 12.0. The van der Waals surface area contributed by atoms with E-state index in [4.69, 9.17) is 5.73 Å². The summed E-state index contributed by atoms with van der Waals surface area (Å²) in [6.45, 7) is -0.356. The van der Waals surface area contributed by atoms with Gasteiger partial charge in [0, 0.05) is 36.4 Å². The van der Waals surface area contributed by atoms with Crippen molar-refractivity contribution in [1.82, 2.24) is 34.8 Å². The van der Waals surface area contributed by atoms with Crippen molar-refractivity contribution >= 4 is 32.9 Å². The van der Waals surface area contributed by atoms with Crippen molar-refractivity contribution in [3.05, 3.63) is 60.8 Å². The van der Waals surface area contributed by atoms with E-state index in [-0.39, 0.29) is 19.5 Å². The van der Waals surface area contributed by atoms with E-state index in [1.807, 2.05) is 6.07 Å². The van der Waals surface area contributed by atoms with Gasteiger partial charge in [-0.2, -0.15) is 28.3 Å². The van der Waals surface area contributed by atoms with Gasteiger partial charge in [0.15, 0.2) is 0 Å². The van der Waals surface area contributed by atoms with Gasteiger partial charge in [-0.15, -0.1) is 0 Å². The van der Waals surface area contributed by atoms with Gasteiger partial charge in [0.2, 0.25) is 16.3 Å². The lowest BCUT2D eigenvalue weighted by atomic mass is 10.0. The Morgan fingerprint density at radius 2 is 2.02 bits per heavy atom. The number of carbonyl (C=O) groups excluding carboxylic acids is 2. The number of hydrogen-bond acceptors (Lipinski definition) is 10. The van der Waals surface area contributed by atoms with Crippen LogP contribution in [0.4, 0.5) is 13.2 Å². The molecule has 2 atom stereocenters. The summed E-state index contributed by atoms with van der Waals surface area (Å²) in [5.74, 6) is -4.15. The number of H-pyrrole nitrogens is 1. The Morgan fingerprint density at radius 3 is 2.74 bits per heavy atom. The molecular weight excluding hydrogens is 583 g/mol. The van der Waals surface area contributed by atoms with Gasteiger partial charge < -0.3 is 20.8 Å². The number of aromatic amines is 1. The Balaban J connectivity index is 1.64. The van der Waals surface area contributed by atoms with E-state index >= 15 is 0 Å². The third-order valence-corrected chi connectivity index (χ3v) is 7.19. The summed E-state index contributed by atoms with van der Waals surface area (Å²) >= 11 is 0. The van der Waals surface area contributed by atoms with Crippen LogP contribution in [0.1, 0.15) is 18.0 Å². The number of fused-ring (bicyclic) bond motifs is 1. The number of alkyl halides is 3. The number of nitriles is 1. The van der Waals surface area contributed by atoms with E-state index in [2.05, 4.69) is 30.1 Å². The maximum atomic E-state index is 13.1. The zero-order chi connectivity index (χ0) is 30.5. The van der Waals surface area contributed by atoms with Crippen molar-refractivity contribution in [2.24, 2.45) is 5.73 Å². The number of sulfonamides is 1. The average Bonchev–Trinajstić information content (AvgIpc) is 3.64. The van der Waals surface area contributed by atoms with E-state index in [0.29, 0.717) is 22.5 Å². The van der Waals surface area contributed by atoms with Crippen molar-refractivity contribution in [2.45, 2.75) is 29.8 Å². The molecule has 0 fully saturated rings. The highest BCUT2D eigenvalue weighted by Gasteiger charge is 2.44. The van der Waals surface area contributed by atoms with Gasteiger partial charge in [-0.1, -0.05) is 12.1 Å². The fourth-order valence-corrected chi connectivity index (χ4v) is 5.00. The molecule has 1 aromatic carbocycles. The number of esters is 1. The molecule has 0 radical (unpaired) electrons. The van der Waals surface area contributed by atoms with E-state index in [1.165, 1.54) is 29.3 Å². The number of amides is 1. The zero-order valence-electron chi connectivity index (χ0n) is 21.4. The Kier molecular flexibility index (Phi) is 8.84. The number of benzene rings is 1. The first-order valence-corrected chi connectivity index (χ1v) is 13.5. The van der Waals surface area contributed by atoms with Gasteiger partial charge in [-0.25, -0.2) is 23.2 Å². The van der Waals surface area contributed by atoms with Gasteiger partial charge in [-0.05, 0) is 23.8 Å². The molecule has 3 heterocycles. The van der Waals surface area contributed by atoms with Crippen molar-refractivity contribution in [3.63, 3.8) is 0 Å². The number of ether oxygens (including phenoxy) is 1. The Hall–Kier alpha value is -4.86. The van der Waals surface area contributed by atoms with Crippen LogP contribution in [0.5, 0.6) is 0 Å². The third-order valence-electron chi connectivity index (χ3n) is 5.79. The molecule has 4 aromatic rings. The van der Waals surface area contributed by atoms with Gasteiger partial charge in [0.1, 0.15) is 12.0 Å². The molecule has 42 heavy (non-hydrogen) atoms. The summed E-state index contributed by atoms with van der Waals surface area (Å²) in [5, 5.41) is 16.6. The number of carbonyl (C=O) groups is 2. The minimum Gasteiger partial charge on any atom is -0.429 e. The smallest absolute Gasteiger partial charge is 0.429 e. The zero-order valence-corrected chi connectivity index (χ0v) is 22.2. The maximum Gasteiger partial charge on any atom is 0.490 e. The highest BCUT2D eigenvalue weighted by atomic mass is 32.2. The minimum absolute atomic E-state index is 0.122. The molecule has 0 bridgehead atoms. The monoisotopic (exact) mass is 605 g/mol. The van der Waals surface area contributed by atoms with Crippen molar-refractivity contribution in [2.75, 3.05) is 13.1 Å². The average molecular weight is 606 g/mol. The molecule has 4 rings (SSSR count). The molecule has 0 saturated heterocycles. The SMILES string of the molecule is N#CCC(c1cccc(S(=O)(=O)NC(OC(=O)C(F)(F)F)C(=O)NCCN)c1)n1cc(-c2ncnc3[nH]ccc23)cn1. The lowest BCUT2D eigenvalue weighted by molar-refractivity contribution is -0.205.